The molecule has 3 aromatic rings. The van der Waals surface area contributed by atoms with Crippen LogP contribution in [0.1, 0.15) is 51.2 Å². The minimum absolute atomic E-state index is 0.0270. The van der Waals surface area contributed by atoms with Crippen LogP contribution >= 0.6 is 0 Å². The molecule has 0 saturated carbocycles. The summed E-state index contributed by atoms with van der Waals surface area (Å²) < 4.78 is 0. The molecule has 0 saturated heterocycles. The lowest BCUT2D eigenvalue weighted by Crippen LogP contribution is -2.14. The van der Waals surface area contributed by atoms with Crippen LogP contribution in [0, 0.1) is 12.8 Å². The Morgan fingerprint density at radius 2 is 1.65 bits per heavy atom. The summed E-state index contributed by atoms with van der Waals surface area (Å²) in [6.45, 7) is 10.4. The monoisotopic (exact) mass is 350 g/mol. The lowest BCUT2D eigenvalue weighted by atomic mass is 10.0. The van der Waals surface area contributed by atoms with Gasteiger partial charge in [-0.1, -0.05) is 39.8 Å². The summed E-state index contributed by atoms with van der Waals surface area (Å²) in [6, 6.07) is 12.1. The molecule has 5 heteroatoms. The fourth-order valence-electron chi connectivity index (χ4n) is 2.88. The van der Waals surface area contributed by atoms with Crippen LogP contribution in [0.4, 0.5) is 5.69 Å². The number of aromatic nitrogens is 3. The van der Waals surface area contributed by atoms with Crippen molar-refractivity contribution in [1.29, 1.82) is 0 Å². The fraction of sp³-hybridized carbons (Fsp3) is 0.381. The summed E-state index contributed by atoms with van der Waals surface area (Å²) >= 11 is 0. The van der Waals surface area contributed by atoms with Crippen LogP contribution in [0.5, 0.6) is 0 Å². The molecule has 26 heavy (non-hydrogen) atoms. The second-order valence-corrected chi connectivity index (χ2v) is 7.54. The SMILES string of the molecule is Cc1cc2nn(-c3ccc(C(C)C)cc3)nc2cc1NC(=O)CC(C)C. The number of aryl methyl sites for hydroxylation is 1. The Hall–Kier alpha value is -2.69. The van der Waals surface area contributed by atoms with Gasteiger partial charge >= 0.3 is 0 Å². The highest BCUT2D eigenvalue weighted by Gasteiger charge is 2.11. The maximum Gasteiger partial charge on any atom is 0.224 e. The van der Waals surface area contributed by atoms with E-state index >= 15 is 0 Å². The van der Waals surface area contributed by atoms with Crippen LogP contribution in [0.2, 0.25) is 0 Å². The maximum atomic E-state index is 12.1. The predicted molar refractivity (Wildman–Crippen MR) is 106 cm³/mol. The second-order valence-electron chi connectivity index (χ2n) is 7.54. The van der Waals surface area contributed by atoms with E-state index in [1.54, 1.807) is 4.80 Å². The van der Waals surface area contributed by atoms with Crippen molar-refractivity contribution in [3.8, 4) is 5.69 Å². The Morgan fingerprint density at radius 3 is 2.23 bits per heavy atom. The number of hydrogen-bond acceptors (Lipinski definition) is 3. The number of hydrogen-bond donors (Lipinski definition) is 1. The maximum absolute atomic E-state index is 12.1. The summed E-state index contributed by atoms with van der Waals surface area (Å²) in [5, 5.41) is 12.1. The van der Waals surface area contributed by atoms with Crippen molar-refractivity contribution < 1.29 is 4.79 Å². The first-order valence-electron chi connectivity index (χ1n) is 9.11. The molecule has 3 rings (SSSR count). The molecule has 0 spiro atoms. The lowest BCUT2D eigenvalue weighted by molar-refractivity contribution is -0.116. The van der Waals surface area contributed by atoms with Crippen LogP contribution in [-0.4, -0.2) is 20.9 Å². The first-order valence-corrected chi connectivity index (χ1v) is 9.11. The van der Waals surface area contributed by atoms with E-state index in [0.717, 1.165) is 28.0 Å². The van der Waals surface area contributed by atoms with Gasteiger partial charge < -0.3 is 5.32 Å². The molecule has 2 aromatic carbocycles. The van der Waals surface area contributed by atoms with Gasteiger partial charge in [0.05, 0.1) is 5.69 Å². The van der Waals surface area contributed by atoms with Crippen LogP contribution < -0.4 is 5.32 Å². The van der Waals surface area contributed by atoms with E-state index in [2.05, 4.69) is 41.5 Å². The Labute approximate surface area is 154 Å². The largest absolute Gasteiger partial charge is 0.326 e. The van der Waals surface area contributed by atoms with E-state index in [4.69, 9.17) is 0 Å². The fourth-order valence-corrected chi connectivity index (χ4v) is 2.88. The first-order chi connectivity index (χ1) is 12.3. The summed E-state index contributed by atoms with van der Waals surface area (Å²) in [4.78, 5) is 13.7. The number of fused-ring (bicyclic) bond motifs is 1. The van der Waals surface area contributed by atoms with Crippen LogP contribution in [-0.2, 0) is 4.79 Å². The number of rotatable bonds is 5. The molecule has 1 aromatic heterocycles. The van der Waals surface area contributed by atoms with Crippen molar-refractivity contribution in [2.45, 2.75) is 47.0 Å². The molecule has 0 atom stereocenters. The zero-order valence-electron chi connectivity index (χ0n) is 16.1. The third kappa shape index (κ3) is 3.93. The van der Waals surface area contributed by atoms with Gasteiger partial charge in [0.15, 0.2) is 0 Å². The lowest BCUT2D eigenvalue weighted by Gasteiger charge is -2.09. The van der Waals surface area contributed by atoms with Crippen molar-refractivity contribution >= 4 is 22.6 Å². The molecular weight excluding hydrogens is 324 g/mol. The molecule has 0 aliphatic heterocycles. The third-order valence-corrected chi connectivity index (χ3v) is 4.38. The Kier molecular flexibility index (Phi) is 5.07. The highest BCUT2D eigenvalue weighted by Crippen LogP contribution is 2.23. The van der Waals surface area contributed by atoms with Gasteiger partial charge in [-0.25, -0.2) is 0 Å². The molecule has 0 bridgehead atoms. The minimum Gasteiger partial charge on any atom is -0.326 e. The quantitative estimate of drug-likeness (QED) is 0.716. The van der Waals surface area contributed by atoms with E-state index < -0.39 is 0 Å². The zero-order chi connectivity index (χ0) is 18.8. The van der Waals surface area contributed by atoms with Gasteiger partial charge in [-0.15, -0.1) is 10.2 Å². The number of anilines is 1. The molecule has 0 aliphatic rings. The van der Waals surface area contributed by atoms with Crippen LogP contribution in [0.15, 0.2) is 36.4 Å². The van der Waals surface area contributed by atoms with Gasteiger partial charge in [0.1, 0.15) is 11.0 Å². The standard InChI is InChI=1S/C21H26N4O/c1-13(2)10-21(26)22-18-12-20-19(11-15(18)5)23-25(24-20)17-8-6-16(7-9-17)14(3)4/h6-9,11-14H,10H2,1-5H3,(H,22,26). The number of nitrogens with one attached hydrogen (secondary N) is 1. The Bertz CT molecular complexity index is 923. The number of amides is 1. The van der Waals surface area contributed by atoms with Gasteiger partial charge in [0.25, 0.3) is 0 Å². The van der Waals surface area contributed by atoms with Crippen molar-refractivity contribution in [2.75, 3.05) is 5.32 Å². The zero-order valence-corrected chi connectivity index (χ0v) is 16.1. The number of nitrogens with zero attached hydrogens (tertiary/aromatic N) is 3. The molecule has 1 amide bonds. The average molecular weight is 350 g/mol. The van der Waals surface area contributed by atoms with Gasteiger partial charge in [0, 0.05) is 12.1 Å². The molecule has 5 nitrogen and oxygen atoms in total. The molecule has 0 aliphatic carbocycles. The highest BCUT2D eigenvalue weighted by atomic mass is 16.1. The topological polar surface area (TPSA) is 59.8 Å². The van der Waals surface area contributed by atoms with Gasteiger partial charge in [-0.2, -0.15) is 4.80 Å². The highest BCUT2D eigenvalue weighted by molar-refractivity contribution is 5.94. The first kappa shape index (κ1) is 18.1. The van der Waals surface area contributed by atoms with Crippen LogP contribution in [0.25, 0.3) is 16.7 Å². The van der Waals surface area contributed by atoms with Gasteiger partial charge in [-0.3, -0.25) is 4.79 Å². The molecule has 0 radical (unpaired) electrons. The van der Waals surface area contributed by atoms with Crippen molar-refractivity contribution in [3.05, 3.63) is 47.5 Å². The molecule has 1 heterocycles. The third-order valence-electron chi connectivity index (χ3n) is 4.38. The summed E-state index contributed by atoms with van der Waals surface area (Å²) in [5.74, 6) is 0.848. The number of carbonyl (C=O) groups excluding carboxylic acids is 1. The Morgan fingerprint density at radius 1 is 1.04 bits per heavy atom. The summed E-state index contributed by atoms with van der Waals surface area (Å²) in [7, 11) is 0. The van der Waals surface area contributed by atoms with E-state index in [9.17, 15) is 4.79 Å². The van der Waals surface area contributed by atoms with Crippen molar-refractivity contribution in [2.24, 2.45) is 5.92 Å². The van der Waals surface area contributed by atoms with Gasteiger partial charge in [0.2, 0.25) is 5.91 Å². The van der Waals surface area contributed by atoms with Crippen molar-refractivity contribution in [1.82, 2.24) is 15.0 Å². The number of carbonyl (C=O) groups is 1. The summed E-state index contributed by atoms with van der Waals surface area (Å²) in [5.41, 5.74) is 5.58. The predicted octanol–water partition coefficient (Wildman–Crippen LogP) is 4.84. The normalized spacial score (nSPS) is 11.5. The molecule has 136 valence electrons. The van der Waals surface area contributed by atoms with E-state index in [0.29, 0.717) is 18.3 Å². The molecular formula is C21H26N4O. The van der Waals surface area contributed by atoms with E-state index in [1.165, 1.54) is 5.56 Å². The van der Waals surface area contributed by atoms with Crippen molar-refractivity contribution in [3.63, 3.8) is 0 Å². The number of benzene rings is 2. The Balaban J connectivity index is 1.90. The van der Waals surface area contributed by atoms with Crippen LogP contribution in [0.3, 0.4) is 0 Å². The minimum atomic E-state index is 0.0270. The van der Waals surface area contributed by atoms with Gasteiger partial charge in [-0.05, 0) is 54.2 Å². The smallest absolute Gasteiger partial charge is 0.224 e. The van der Waals surface area contributed by atoms with E-state index in [1.807, 2.05) is 45.0 Å². The molecule has 0 fully saturated rings. The molecule has 0 unspecified atom stereocenters. The summed E-state index contributed by atoms with van der Waals surface area (Å²) in [6.07, 6.45) is 0.506. The second kappa shape index (κ2) is 7.28. The average Bonchev–Trinajstić information content (AvgIpc) is 2.97. The van der Waals surface area contributed by atoms with E-state index in [-0.39, 0.29) is 5.91 Å². The molecule has 1 N–H and O–H groups in total.